The van der Waals surface area contributed by atoms with Gasteiger partial charge in [0.2, 0.25) is 0 Å². The maximum absolute atomic E-state index is 13.3. The second kappa shape index (κ2) is 7.45. The minimum Gasteiger partial charge on any atom is -0.360 e. The Morgan fingerprint density at radius 1 is 1.00 bits per heavy atom. The number of carbonyl (C=O) groups excluding carboxylic acids is 1. The van der Waals surface area contributed by atoms with E-state index < -0.39 is 0 Å². The lowest BCUT2D eigenvalue weighted by Gasteiger charge is -2.23. The van der Waals surface area contributed by atoms with Crippen LogP contribution in [0.25, 0.3) is 10.9 Å². The SMILES string of the molecule is CCC(CC)N[C@@H](C(=O)c1c[nH]c2ccccc12)c1ccccc1. The van der Waals surface area contributed by atoms with Gasteiger partial charge in [0.15, 0.2) is 5.78 Å². The Hall–Kier alpha value is -2.39. The summed E-state index contributed by atoms with van der Waals surface area (Å²) in [4.78, 5) is 16.5. The molecular weight excluding hydrogens is 296 g/mol. The molecule has 124 valence electrons. The Labute approximate surface area is 143 Å². The lowest BCUT2D eigenvalue weighted by molar-refractivity contribution is 0.0936. The Kier molecular flexibility index (Phi) is 5.11. The smallest absolute Gasteiger partial charge is 0.186 e. The molecule has 0 fully saturated rings. The number of Topliss-reactive ketones (excluding diaryl/α,β-unsaturated/α-hetero) is 1. The van der Waals surface area contributed by atoms with Gasteiger partial charge in [-0.2, -0.15) is 0 Å². The summed E-state index contributed by atoms with van der Waals surface area (Å²) in [5.74, 6) is 0.116. The van der Waals surface area contributed by atoms with Crippen LogP contribution in [0.15, 0.2) is 60.8 Å². The van der Waals surface area contributed by atoms with Crippen molar-refractivity contribution in [3.63, 3.8) is 0 Å². The molecule has 0 spiro atoms. The van der Waals surface area contributed by atoms with Crippen molar-refractivity contribution < 1.29 is 4.79 Å². The molecule has 1 heterocycles. The molecule has 0 aliphatic rings. The van der Waals surface area contributed by atoms with E-state index in [-0.39, 0.29) is 11.8 Å². The number of hydrogen-bond acceptors (Lipinski definition) is 2. The number of carbonyl (C=O) groups is 1. The molecule has 0 amide bonds. The molecule has 3 nitrogen and oxygen atoms in total. The summed E-state index contributed by atoms with van der Waals surface area (Å²) in [5, 5.41) is 4.54. The van der Waals surface area contributed by atoms with Crippen LogP contribution in [0, 0.1) is 0 Å². The van der Waals surface area contributed by atoms with Crippen LogP contribution in [0.1, 0.15) is 48.7 Å². The molecule has 1 atom stereocenters. The van der Waals surface area contributed by atoms with Gasteiger partial charge in [-0.3, -0.25) is 4.79 Å². The van der Waals surface area contributed by atoms with E-state index >= 15 is 0 Å². The first-order valence-electron chi connectivity index (χ1n) is 8.65. The van der Waals surface area contributed by atoms with Crippen molar-refractivity contribution >= 4 is 16.7 Å². The van der Waals surface area contributed by atoms with Gasteiger partial charge in [0, 0.05) is 28.7 Å². The summed E-state index contributed by atoms with van der Waals surface area (Å²) < 4.78 is 0. The van der Waals surface area contributed by atoms with E-state index in [9.17, 15) is 4.79 Å². The number of para-hydroxylation sites is 1. The predicted octanol–water partition coefficient (Wildman–Crippen LogP) is 4.87. The Balaban J connectivity index is 1.99. The van der Waals surface area contributed by atoms with E-state index in [1.54, 1.807) is 0 Å². The molecule has 3 heteroatoms. The third kappa shape index (κ3) is 3.26. The highest BCUT2D eigenvalue weighted by atomic mass is 16.1. The van der Waals surface area contributed by atoms with Crippen LogP contribution in [0.4, 0.5) is 0 Å². The molecule has 0 bridgehead atoms. The van der Waals surface area contributed by atoms with E-state index in [1.807, 2.05) is 60.8 Å². The van der Waals surface area contributed by atoms with Gasteiger partial charge in [0.25, 0.3) is 0 Å². The number of H-pyrrole nitrogens is 1. The highest BCUT2D eigenvalue weighted by Gasteiger charge is 2.25. The number of nitrogens with one attached hydrogen (secondary N) is 2. The van der Waals surface area contributed by atoms with Gasteiger partial charge in [0.05, 0.1) is 6.04 Å². The molecule has 0 unspecified atom stereocenters. The van der Waals surface area contributed by atoms with Gasteiger partial charge in [-0.05, 0) is 24.5 Å². The van der Waals surface area contributed by atoms with Crippen LogP contribution in [-0.4, -0.2) is 16.8 Å². The van der Waals surface area contributed by atoms with Crippen LogP contribution in [0.3, 0.4) is 0 Å². The van der Waals surface area contributed by atoms with Crippen LogP contribution in [0.2, 0.25) is 0 Å². The maximum atomic E-state index is 13.3. The minimum absolute atomic E-state index is 0.116. The summed E-state index contributed by atoms with van der Waals surface area (Å²) >= 11 is 0. The summed E-state index contributed by atoms with van der Waals surface area (Å²) in [6.45, 7) is 4.30. The first-order valence-corrected chi connectivity index (χ1v) is 8.65. The maximum Gasteiger partial charge on any atom is 0.186 e. The fraction of sp³-hybridized carbons (Fsp3) is 0.286. The molecule has 2 aromatic carbocycles. The summed E-state index contributed by atoms with van der Waals surface area (Å²) in [6, 6.07) is 17.9. The zero-order valence-corrected chi connectivity index (χ0v) is 14.3. The number of aromatic amines is 1. The highest BCUT2D eigenvalue weighted by Crippen LogP contribution is 2.25. The van der Waals surface area contributed by atoms with Crippen molar-refractivity contribution in [1.82, 2.24) is 10.3 Å². The molecule has 0 radical (unpaired) electrons. The van der Waals surface area contributed by atoms with Gasteiger partial charge in [-0.1, -0.05) is 62.4 Å². The third-order valence-electron chi connectivity index (χ3n) is 4.64. The number of rotatable bonds is 7. The third-order valence-corrected chi connectivity index (χ3v) is 4.64. The summed E-state index contributed by atoms with van der Waals surface area (Å²) in [7, 11) is 0. The Bertz CT molecular complexity index is 803. The standard InChI is InChI=1S/C21H24N2O/c1-3-16(4-2)23-20(15-10-6-5-7-11-15)21(24)18-14-22-19-13-9-8-12-17(18)19/h5-14,16,20,22-23H,3-4H2,1-2H3/t20-/m1/s1. The fourth-order valence-corrected chi connectivity index (χ4v) is 3.16. The largest absolute Gasteiger partial charge is 0.360 e. The first-order chi connectivity index (χ1) is 11.7. The number of hydrogen-bond donors (Lipinski definition) is 2. The van der Waals surface area contributed by atoms with Crippen LogP contribution >= 0.6 is 0 Å². The number of aromatic nitrogens is 1. The predicted molar refractivity (Wildman–Crippen MR) is 99.3 cm³/mol. The molecule has 0 aliphatic carbocycles. The lowest BCUT2D eigenvalue weighted by atomic mass is 9.95. The van der Waals surface area contributed by atoms with E-state index in [1.165, 1.54) is 0 Å². The van der Waals surface area contributed by atoms with Gasteiger partial charge in [-0.25, -0.2) is 0 Å². The fourth-order valence-electron chi connectivity index (χ4n) is 3.16. The molecule has 2 N–H and O–H groups in total. The second-order valence-corrected chi connectivity index (χ2v) is 6.14. The molecule has 0 saturated carbocycles. The van der Waals surface area contributed by atoms with Gasteiger partial charge >= 0.3 is 0 Å². The normalized spacial score (nSPS) is 12.6. The molecule has 0 saturated heterocycles. The zero-order valence-electron chi connectivity index (χ0n) is 14.3. The highest BCUT2D eigenvalue weighted by molar-refractivity contribution is 6.10. The van der Waals surface area contributed by atoms with Crippen LogP contribution < -0.4 is 5.32 Å². The van der Waals surface area contributed by atoms with Crippen molar-refractivity contribution in [3.8, 4) is 0 Å². The lowest BCUT2D eigenvalue weighted by Crippen LogP contribution is -2.36. The van der Waals surface area contributed by atoms with Crippen molar-refractivity contribution in [2.24, 2.45) is 0 Å². The zero-order chi connectivity index (χ0) is 16.9. The quantitative estimate of drug-likeness (QED) is 0.610. The average molecular weight is 320 g/mol. The second-order valence-electron chi connectivity index (χ2n) is 6.14. The van der Waals surface area contributed by atoms with Crippen LogP contribution in [0.5, 0.6) is 0 Å². The Morgan fingerprint density at radius 3 is 2.38 bits per heavy atom. The number of benzene rings is 2. The van der Waals surface area contributed by atoms with Crippen molar-refractivity contribution in [2.75, 3.05) is 0 Å². The van der Waals surface area contributed by atoms with E-state index in [4.69, 9.17) is 0 Å². The average Bonchev–Trinajstić information content (AvgIpc) is 3.07. The van der Waals surface area contributed by atoms with E-state index in [0.29, 0.717) is 6.04 Å². The topological polar surface area (TPSA) is 44.9 Å². The van der Waals surface area contributed by atoms with Crippen molar-refractivity contribution in [2.45, 2.75) is 38.8 Å². The van der Waals surface area contributed by atoms with Crippen molar-refractivity contribution in [3.05, 3.63) is 71.9 Å². The van der Waals surface area contributed by atoms with E-state index in [0.717, 1.165) is 34.9 Å². The number of fused-ring (bicyclic) bond motifs is 1. The molecule has 1 aromatic heterocycles. The van der Waals surface area contributed by atoms with E-state index in [2.05, 4.69) is 24.1 Å². The minimum atomic E-state index is -0.324. The van der Waals surface area contributed by atoms with Crippen LogP contribution in [-0.2, 0) is 0 Å². The van der Waals surface area contributed by atoms with Crippen molar-refractivity contribution in [1.29, 1.82) is 0 Å². The molecule has 3 rings (SSSR count). The van der Waals surface area contributed by atoms with Gasteiger partial charge < -0.3 is 10.3 Å². The number of ketones is 1. The molecular formula is C21H24N2O. The monoisotopic (exact) mass is 320 g/mol. The van der Waals surface area contributed by atoms with Gasteiger partial charge in [-0.15, -0.1) is 0 Å². The van der Waals surface area contributed by atoms with Gasteiger partial charge in [0.1, 0.15) is 0 Å². The Morgan fingerprint density at radius 2 is 1.67 bits per heavy atom. The molecule has 3 aromatic rings. The first kappa shape index (κ1) is 16.5. The molecule has 0 aliphatic heterocycles. The summed E-state index contributed by atoms with van der Waals surface area (Å²) in [6.07, 6.45) is 3.83. The summed E-state index contributed by atoms with van der Waals surface area (Å²) in [5.41, 5.74) is 2.76. The molecule has 24 heavy (non-hydrogen) atoms.